The van der Waals surface area contributed by atoms with E-state index < -0.39 is 0 Å². The van der Waals surface area contributed by atoms with Crippen molar-refractivity contribution in [2.45, 2.75) is 32.6 Å². The van der Waals surface area contributed by atoms with Crippen molar-refractivity contribution in [1.82, 2.24) is 19.7 Å². The molecule has 0 atom stereocenters. The van der Waals surface area contributed by atoms with E-state index in [9.17, 15) is 9.59 Å². The quantitative estimate of drug-likeness (QED) is 0.389. The lowest BCUT2D eigenvalue weighted by atomic mass is 9.97. The van der Waals surface area contributed by atoms with E-state index in [1.807, 2.05) is 58.5 Å². The van der Waals surface area contributed by atoms with Crippen LogP contribution in [0, 0.1) is 13.8 Å². The first-order chi connectivity index (χ1) is 19.5. The van der Waals surface area contributed by atoms with Crippen LogP contribution in [0.4, 0.5) is 0 Å². The van der Waals surface area contributed by atoms with Crippen molar-refractivity contribution in [3.8, 4) is 5.75 Å². The minimum absolute atomic E-state index is 0.0152. The van der Waals surface area contributed by atoms with E-state index in [1.54, 1.807) is 11.3 Å². The molecule has 0 saturated carbocycles. The molecular formula is C32H38N4O3S. The number of likely N-dealkylation sites (tertiary alicyclic amines) is 1. The van der Waals surface area contributed by atoms with Gasteiger partial charge in [-0.05, 0) is 55.5 Å². The first-order valence-electron chi connectivity index (χ1n) is 14.1. The second-order valence-corrected chi connectivity index (χ2v) is 11.6. The summed E-state index contributed by atoms with van der Waals surface area (Å²) < 4.78 is 5.75. The molecule has 0 radical (unpaired) electrons. The molecule has 3 heterocycles. The van der Waals surface area contributed by atoms with Gasteiger partial charge in [0.15, 0.2) is 6.61 Å². The molecule has 40 heavy (non-hydrogen) atoms. The molecule has 7 nitrogen and oxygen atoms in total. The number of aryl methyl sites for hydroxylation is 2. The summed E-state index contributed by atoms with van der Waals surface area (Å²) in [5.41, 5.74) is 4.12. The Balaban J connectivity index is 1.04. The average Bonchev–Trinajstić information content (AvgIpc) is 3.49. The van der Waals surface area contributed by atoms with E-state index in [0.29, 0.717) is 18.8 Å². The van der Waals surface area contributed by atoms with Crippen molar-refractivity contribution in [2.24, 2.45) is 0 Å². The number of carbonyl (C=O) groups is 2. The maximum Gasteiger partial charge on any atom is 0.273 e. The molecule has 2 fully saturated rings. The van der Waals surface area contributed by atoms with Gasteiger partial charge in [-0.2, -0.15) is 0 Å². The molecule has 0 aliphatic carbocycles. The second-order valence-electron chi connectivity index (χ2n) is 10.7. The topological polar surface area (TPSA) is 66.0 Å². The van der Waals surface area contributed by atoms with Crippen LogP contribution in [-0.4, -0.2) is 83.9 Å². The Bertz CT molecular complexity index is 1320. The minimum atomic E-state index is 0.0152. The number of carbonyl (C=O) groups excluding carboxylic acids is 2. The average molecular weight is 559 g/mol. The molecule has 2 amide bonds. The van der Waals surface area contributed by atoms with Gasteiger partial charge in [0.1, 0.15) is 11.4 Å². The molecule has 3 aromatic rings. The Morgan fingerprint density at radius 3 is 2.42 bits per heavy atom. The maximum atomic E-state index is 13.1. The largest absolute Gasteiger partial charge is 0.484 e. The number of hydrogen-bond donors (Lipinski definition) is 0. The molecule has 0 unspecified atom stereocenters. The standard InChI is InChI=1S/C32H38N4O3S/c1-24-10-11-28(21-25(24)2)39-22-30(37)35-15-12-27(13-16-35)31-33-29(23-40-31)32(38)36-19-17-34(18-20-36)14-6-9-26-7-4-3-5-8-26/h3-11,21,23,27H,12-20,22H2,1-2H3/b9-6-. The predicted octanol–water partition coefficient (Wildman–Crippen LogP) is 5.02. The van der Waals surface area contributed by atoms with Crippen LogP contribution in [0.15, 0.2) is 60.0 Å². The van der Waals surface area contributed by atoms with Crippen molar-refractivity contribution in [1.29, 1.82) is 0 Å². The predicted molar refractivity (Wildman–Crippen MR) is 160 cm³/mol. The number of thiazole rings is 1. The lowest BCUT2D eigenvalue weighted by molar-refractivity contribution is -0.134. The van der Waals surface area contributed by atoms with Gasteiger partial charge in [-0.1, -0.05) is 48.6 Å². The van der Waals surface area contributed by atoms with E-state index in [-0.39, 0.29) is 24.3 Å². The molecule has 0 bridgehead atoms. The lowest BCUT2D eigenvalue weighted by Crippen LogP contribution is -2.48. The van der Waals surface area contributed by atoms with Crippen LogP contribution in [0.3, 0.4) is 0 Å². The number of aromatic nitrogens is 1. The summed E-state index contributed by atoms with van der Waals surface area (Å²) in [5, 5.41) is 2.91. The fraction of sp³-hybridized carbons (Fsp3) is 0.406. The Morgan fingerprint density at radius 2 is 1.70 bits per heavy atom. The summed E-state index contributed by atoms with van der Waals surface area (Å²) in [6.07, 6.45) is 6.04. The number of piperazine rings is 1. The zero-order valence-electron chi connectivity index (χ0n) is 23.4. The van der Waals surface area contributed by atoms with Crippen molar-refractivity contribution in [2.75, 3.05) is 52.4 Å². The van der Waals surface area contributed by atoms with Crippen LogP contribution < -0.4 is 4.74 Å². The molecule has 210 valence electrons. The van der Waals surface area contributed by atoms with Crippen LogP contribution in [0.1, 0.15) is 50.9 Å². The van der Waals surface area contributed by atoms with E-state index in [0.717, 1.165) is 61.9 Å². The smallest absolute Gasteiger partial charge is 0.273 e. The number of rotatable bonds is 8. The summed E-state index contributed by atoms with van der Waals surface area (Å²) in [6.45, 7) is 9.57. The number of hydrogen-bond acceptors (Lipinski definition) is 6. The molecular weight excluding hydrogens is 520 g/mol. The minimum Gasteiger partial charge on any atom is -0.484 e. The molecule has 5 rings (SSSR count). The van der Waals surface area contributed by atoms with Gasteiger partial charge < -0.3 is 14.5 Å². The molecule has 2 aliphatic heterocycles. The van der Waals surface area contributed by atoms with Gasteiger partial charge in [0.2, 0.25) is 0 Å². The normalized spacial score (nSPS) is 16.9. The molecule has 0 N–H and O–H groups in total. The van der Waals surface area contributed by atoms with Crippen molar-refractivity contribution < 1.29 is 14.3 Å². The fourth-order valence-electron chi connectivity index (χ4n) is 5.19. The lowest BCUT2D eigenvalue weighted by Gasteiger charge is -2.33. The number of ether oxygens (including phenoxy) is 1. The third kappa shape index (κ3) is 7.17. The van der Waals surface area contributed by atoms with E-state index in [2.05, 4.69) is 36.1 Å². The van der Waals surface area contributed by atoms with Gasteiger partial charge in [-0.15, -0.1) is 11.3 Å². The Labute approximate surface area is 241 Å². The highest BCUT2D eigenvalue weighted by Crippen LogP contribution is 2.31. The van der Waals surface area contributed by atoms with Crippen LogP contribution in [0.2, 0.25) is 0 Å². The summed E-state index contributed by atoms with van der Waals surface area (Å²) in [5.74, 6) is 1.05. The maximum absolute atomic E-state index is 13.1. The van der Waals surface area contributed by atoms with Crippen LogP contribution in [-0.2, 0) is 4.79 Å². The van der Waals surface area contributed by atoms with Crippen molar-refractivity contribution in [3.63, 3.8) is 0 Å². The summed E-state index contributed by atoms with van der Waals surface area (Å²) >= 11 is 1.57. The zero-order chi connectivity index (χ0) is 27.9. The highest BCUT2D eigenvalue weighted by atomic mass is 32.1. The first-order valence-corrected chi connectivity index (χ1v) is 15.0. The Kier molecular flexibility index (Phi) is 9.29. The fourth-order valence-corrected chi connectivity index (χ4v) is 6.15. The molecule has 0 spiro atoms. The van der Waals surface area contributed by atoms with Crippen molar-refractivity contribution >= 4 is 29.2 Å². The Hall–Kier alpha value is -3.49. The zero-order valence-corrected chi connectivity index (χ0v) is 24.2. The molecule has 2 saturated heterocycles. The monoisotopic (exact) mass is 558 g/mol. The second kappa shape index (κ2) is 13.2. The highest BCUT2D eigenvalue weighted by molar-refractivity contribution is 7.09. The summed E-state index contributed by atoms with van der Waals surface area (Å²) in [6, 6.07) is 16.2. The van der Waals surface area contributed by atoms with Crippen molar-refractivity contribution in [3.05, 3.63) is 87.4 Å². The van der Waals surface area contributed by atoms with Gasteiger partial charge in [-0.25, -0.2) is 4.98 Å². The van der Waals surface area contributed by atoms with Gasteiger partial charge in [0.05, 0.1) is 5.01 Å². The first kappa shape index (κ1) is 28.1. The van der Waals surface area contributed by atoms with E-state index >= 15 is 0 Å². The van der Waals surface area contributed by atoms with Gasteiger partial charge in [0.25, 0.3) is 11.8 Å². The molecule has 2 aliphatic rings. The van der Waals surface area contributed by atoms with E-state index in [4.69, 9.17) is 9.72 Å². The number of piperidine rings is 1. The number of benzene rings is 2. The van der Waals surface area contributed by atoms with E-state index in [1.165, 1.54) is 11.1 Å². The van der Waals surface area contributed by atoms with Gasteiger partial charge in [-0.3, -0.25) is 14.5 Å². The third-order valence-electron chi connectivity index (χ3n) is 7.91. The third-order valence-corrected chi connectivity index (χ3v) is 8.92. The Morgan fingerprint density at radius 1 is 0.950 bits per heavy atom. The molecule has 2 aromatic carbocycles. The highest BCUT2D eigenvalue weighted by Gasteiger charge is 2.28. The molecule has 8 heteroatoms. The summed E-state index contributed by atoms with van der Waals surface area (Å²) in [4.78, 5) is 36.8. The summed E-state index contributed by atoms with van der Waals surface area (Å²) in [7, 11) is 0. The van der Waals surface area contributed by atoms with Crippen LogP contribution >= 0.6 is 11.3 Å². The van der Waals surface area contributed by atoms with Crippen LogP contribution in [0.25, 0.3) is 6.08 Å². The number of amides is 2. The van der Waals surface area contributed by atoms with Gasteiger partial charge in [0, 0.05) is 57.1 Å². The molecule has 1 aromatic heterocycles. The SMILES string of the molecule is Cc1ccc(OCC(=O)N2CCC(c3nc(C(=O)N4CCN(C/C=C\c5ccccc5)CC4)cs3)CC2)cc1C. The van der Waals surface area contributed by atoms with Crippen LogP contribution in [0.5, 0.6) is 5.75 Å². The number of nitrogens with zero attached hydrogens (tertiary/aromatic N) is 4. The van der Waals surface area contributed by atoms with Gasteiger partial charge >= 0.3 is 0 Å².